The Bertz CT molecular complexity index is 1390. The lowest BCUT2D eigenvalue weighted by molar-refractivity contribution is 0.180. The van der Waals surface area contributed by atoms with Crippen LogP contribution in [0.3, 0.4) is 0 Å². The molecule has 1 fully saturated rings. The van der Waals surface area contributed by atoms with Crippen molar-refractivity contribution in [3.8, 4) is 17.1 Å². The average Bonchev–Trinajstić information content (AvgIpc) is 3.20. The molecule has 4 rings (SSSR count). The number of aromatic nitrogens is 3. The zero-order chi connectivity index (χ0) is 26.6. The number of aryl methyl sites for hydroxylation is 2. The number of aliphatic hydroxyl groups is 1. The predicted molar refractivity (Wildman–Crippen MR) is 143 cm³/mol. The summed E-state index contributed by atoms with van der Waals surface area (Å²) < 4.78 is 36.2. The maximum Gasteiger partial charge on any atom is 0.275 e. The van der Waals surface area contributed by atoms with Crippen LogP contribution in [0, 0.1) is 0 Å². The molecule has 37 heavy (non-hydrogen) atoms. The number of rotatable bonds is 11. The van der Waals surface area contributed by atoms with Gasteiger partial charge in [0.25, 0.3) is 5.56 Å². The molecule has 0 aliphatic carbocycles. The first-order valence-electron chi connectivity index (χ1n) is 13.0. The fourth-order valence-electron chi connectivity index (χ4n) is 4.88. The van der Waals surface area contributed by atoms with Gasteiger partial charge in [0.05, 0.1) is 22.6 Å². The smallest absolute Gasteiger partial charge is 0.275 e. The Morgan fingerprint density at radius 1 is 1.14 bits per heavy atom. The summed E-state index contributed by atoms with van der Waals surface area (Å²) >= 11 is 0. The first kappa shape index (κ1) is 27.3. The molecule has 2 N–H and O–H groups in total. The van der Waals surface area contributed by atoms with Gasteiger partial charge in [-0.05, 0) is 56.5 Å². The molecule has 0 spiro atoms. The number of hydrogen-bond acceptors (Lipinski definition) is 7. The molecule has 202 valence electrons. The minimum absolute atomic E-state index is 0.143. The van der Waals surface area contributed by atoms with Gasteiger partial charge >= 0.3 is 0 Å². The number of fused-ring (bicyclic) bond motifs is 1. The lowest BCUT2D eigenvalue weighted by Crippen LogP contribution is -2.48. The number of benzene rings is 1. The minimum atomic E-state index is -3.75. The van der Waals surface area contributed by atoms with E-state index >= 15 is 0 Å². The maximum atomic E-state index is 13.6. The van der Waals surface area contributed by atoms with Crippen LogP contribution in [-0.2, 0) is 23.5 Å². The second-order valence-electron chi connectivity index (χ2n) is 9.39. The third kappa shape index (κ3) is 5.74. The van der Waals surface area contributed by atoms with Gasteiger partial charge in [0, 0.05) is 46.0 Å². The fourth-order valence-corrected chi connectivity index (χ4v) is 6.33. The van der Waals surface area contributed by atoms with E-state index in [0.717, 1.165) is 37.8 Å². The Labute approximate surface area is 217 Å². The first-order valence-corrected chi connectivity index (χ1v) is 14.4. The van der Waals surface area contributed by atoms with Gasteiger partial charge in [0.1, 0.15) is 17.1 Å². The first-order chi connectivity index (χ1) is 17.8. The SMILES string of the molecule is CCCc1cn(C)c2c(=O)[nH]c(-c3cc(S(=O)(=O)N4CCN(CCCCO)CC4)ccc3OCC)nc12. The van der Waals surface area contributed by atoms with E-state index in [-0.39, 0.29) is 22.9 Å². The van der Waals surface area contributed by atoms with Crippen molar-refractivity contribution in [3.63, 3.8) is 0 Å². The van der Waals surface area contributed by atoms with Gasteiger partial charge in [-0.25, -0.2) is 13.4 Å². The molecule has 1 aliphatic heterocycles. The molecule has 0 amide bonds. The van der Waals surface area contributed by atoms with E-state index in [9.17, 15) is 13.2 Å². The lowest BCUT2D eigenvalue weighted by atomic mass is 10.1. The number of ether oxygens (including phenoxy) is 1. The summed E-state index contributed by atoms with van der Waals surface area (Å²) in [6.45, 7) is 7.42. The predicted octanol–water partition coefficient (Wildman–Crippen LogP) is 2.36. The van der Waals surface area contributed by atoms with Gasteiger partial charge in [0.2, 0.25) is 10.0 Å². The Morgan fingerprint density at radius 2 is 1.89 bits per heavy atom. The van der Waals surface area contributed by atoms with E-state index in [4.69, 9.17) is 14.8 Å². The highest BCUT2D eigenvalue weighted by molar-refractivity contribution is 7.89. The second-order valence-corrected chi connectivity index (χ2v) is 11.3. The van der Waals surface area contributed by atoms with E-state index in [2.05, 4.69) is 16.8 Å². The molecule has 1 saturated heterocycles. The van der Waals surface area contributed by atoms with Gasteiger partial charge in [-0.15, -0.1) is 0 Å². The summed E-state index contributed by atoms with van der Waals surface area (Å²) in [6.07, 6.45) is 5.26. The van der Waals surface area contributed by atoms with Crippen molar-refractivity contribution >= 4 is 21.1 Å². The highest BCUT2D eigenvalue weighted by atomic mass is 32.2. The average molecular weight is 532 g/mol. The zero-order valence-electron chi connectivity index (χ0n) is 21.9. The number of hydrogen-bond donors (Lipinski definition) is 2. The number of piperazine rings is 1. The van der Waals surface area contributed by atoms with E-state index < -0.39 is 10.0 Å². The molecule has 0 radical (unpaired) electrons. The normalized spacial score (nSPS) is 15.5. The molecule has 1 aliphatic rings. The van der Waals surface area contributed by atoms with Crippen LogP contribution in [0.4, 0.5) is 0 Å². The number of aliphatic hydroxyl groups excluding tert-OH is 1. The zero-order valence-corrected chi connectivity index (χ0v) is 22.7. The second kappa shape index (κ2) is 11.8. The maximum absolute atomic E-state index is 13.6. The van der Waals surface area contributed by atoms with Crippen LogP contribution in [-0.4, -0.2) is 83.2 Å². The third-order valence-corrected chi connectivity index (χ3v) is 8.67. The topological polar surface area (TPSA) is 121 Å². The van der Waals surface area contributed by atoms with Crippen molar-refractivity contribution in [1.29, 1.82) is 0 Å². The van der Waals surface area contributed by atoms with Crippen molar-refractivity contribution in [3.05, 3.63) is 40.3 Å². The number of nitrogens with one attached hydrogen (secondary N) is 1. The highest BCUT2D eigenvalue weighted by Crippen LogP contribution is 2.32. The van der Waals surface area contributed by atoms with Crippen molar-refractivity contribution in [2.75, 3.05) is 45.9 Å². The van der Waals surface area contributed by atoms with Gasteiger partial charge in [-0.3, -0.25) is 4.79 Å². The van der Waals surface area contributed by atoms with Crippen LogP contribution >= 0.6 is 0 Å². The van der Waals surface area contributed by atoms with E-state index in [1.54, 1.807) is 22.8 Å². The van der Waals surface area contributed by atoms with E-state index in [1.165, 1.54) is 4.31 Å². The standard InChI is InChI=1S/C26H37N5O5S/c1-4-8-19-18-29(3)24-23(19)27-25(28-26(24)33)21-17-20(9-10-22(21)36-5-2)37(34,35)31-14-12-30(13-15-31)11-6-7-16-32/h9-10,17-18,32H,4-8,11-16H2,1-3H3,(H,27,28,33). The van der Waals surface area contributed by atoms with E-state index in [0.29, 0.717) is 55.1 Å². The lowest BCUT2D eigenvalue weighted by Gasteiger charge is -2.34. The van der Waals surface area contributed by atoms with E-state index in [1.807, 2.05) is 20.2 Å². The molecule has 1 aromatic carbocycles. The molecule has 0 atom stereocenters. The quantitative estimate of drug-likeness (QED) is 0.365. The van der Waals surface area contributed by atoms with Crippen LogP contribution in [0.15, 0.2) is 34.1 Å². The van der Waals surface area contributed by atoms with Crippen molar-refractivity contribution in [2.24, 2.45) is 7.05 Å². The third-order valence-electron chi connectivity index (χ3n) is 6.78. The van der Waals surface area contributed by atoms with Gasteiger partial charge in [0.15, 0.2) is 0 Å². The van der Waals surface area contributed by atoms with Crippen LogP contribution < -0.4 is 10.3 Å². The molecule has 3 heterocycles. The fraction of sp³-hybridized carbons (Fsp3) is 0.538. The van der Waals surface area contributed by atoms with Crippen molar-refractivity contribution in [1.82, 2.24) is 23.7 Å². The minimum Gasteiger partial charge on any atom is -0.493 e. The van der Waals surface area contributed by atoms with Gasteiger partial charge < -0.3 is 24.3 Å². The van der Waals surface area contributed by atoms with Crippen molar-refractivity contribution < 1.29 is 18.3 Å². The molecular formula is C26H37N5O5S. The Balaban J connectivity index is 1.69. The molecule has 3 aromatic rings. The van der Waals surface area contributed by atoms with Gasteiger partial charge in [-0.2, -0.15) is 4.31 Å². The van der Waals surface area contributed by atoms with Crippen LogP contribution in [0.1, 0.15) is 38.7 Å². The van der Waals surface area contributed by atoms with Crippen LogP contribution in [0.25, 0.3) is 22.4 Å². The molecule has 11 heteroatoms. The molecular weight excluding hydrogens is 494 g/mol. The summed E-state index contributed by atoms with van der Waals surface area (Å²) in [6, 6.07) is 4.75. The number of nitrogens with zero attached hydrogens (tertiary/aromatic N) is 4. The highest BCUT2D eigenvalue weighted by Gasteiger charge is 2.29. The molecule has 2 aromatic heterocycles. The van der Waals surface area contributed by atoms with Crippen LogP contribution in [0.2, 0.25) is 0 Å². The summed E-state index contributed by atoms with van der Waals surface area (Å²) in [7, 11) is -1.93. The molecule has 0 bridgehead atoms. The molecule has 10 nitrogen and oxygen atoms in total. The Hall–Kier alpha value is -2.73. The Morgan fingerprint density at radius 3 is 2.57 bits per heavy atom. The molecule has 0 unspecified atom stereocenters. The number of aromatic amines is 1. The molecule has 0 saturated carbocycles. The number of sulfonamides is 1. The van der Waals surface area contributed by atoms with Crippen molar-refractivity contribution in [2.45, 2.75) is 44.4 Å². The largest absolute Gasteiger partial charge is 0.493 e. The summed E-state index contributed by atoms with van der Waals surface area (Å²) in [5.74, 6) is 0.751. The number of H-pyrrole nitrogens is 1. The monoisotopic (exact) mass is 531 g/mol. The van der Waals surface area contributed by atoms with Crippen LogP contribution in [0.5, 0.6) is 5.75 Å². The summed E-state index contributed by atoms with van der Waals surface area (Å²) in [4.78, 5) is 23.0. The number of unbranched alkanes of at least 4 members (excludes halogenated alkanes) is 1. The Kier molecular flexibility index (Phi) is 8.68. The van der Waals surface area contributed by atoms with Gasteiger partial charge in [-0.1, -0.05) is 13.3 Å². The summed E-state index contributed by atoms with van der Waals surface area (Å²) in [5.41, 5.74) is 2.25. The summed E-state index contributed by atoms with van der Waals surface area (Å²) in [5, 5.41) is 8.99.